The Morgan fingerprint density at radius 1 is 1.03 bits per heavy atom. The molecule has 0 aliphatic rings. The summed E-state index contributed by atoms with van der Waals surface area (Å²) in [5, 5.41) is 22.1. The molecular weight excluding hydrogens is 400 g/mol. The first-order chi connectivity index (χ1) is 14.9. The van der Waals surface area contributed by atoms with Gasteiger partial charge in [-0.25, -0.2) is 5.43 Å². The Labute approximate surface area is 189 Å². The molecule has 2 aromatic carbocycles. The van der Waals surface area contributed by atoms with Crippen molar-refractivity contribution in [2.75, 3.05) is 0 Å². The van der Waals surface area contributed by atoms with E-state index in [9.17, 15) is 9.90 Å². The van der Waals surface area contributed by atoms with Gasteiger partial charge in [0.25, 0.3) is 5.91 Å². The number of nitrogens with zero attached hydrogens (tertiary/aromatic N) is 2. The molecule has 0 unspecified atom stereocenters. The first kappa shape index (κ1) is 23.3. The number of hydrogen-bond donors (Lipinski definition) is 3. The summed E-state index contributed by atoms with van der Waals surface area (Å²) in [6.07, 6.45) is 1.60. The zero-order chi connectivity index (χ0) is 23.7. The number of aromatic nitrogens is 2. The summed E-state index contributed by atoms with van der Waals surface area (Å²) in [6.45, 7) is 14.2. The first-order valence-electron chi connectivity index (χ1n) is 10.7. The van der Waals surface area contributed by atoms with E-state index in [0.717, 1.165) is 33.5 Å². The lowest BCUT2D eigenvalue weighted by molar-refractivity contribution is 0.0949. The molecule has 1 heterocycles. The first-order valence-corrected chi connectivity index (χ1v) is 10.7. The Morgan fingerprint density at radius 3 is 2.12 bits per heavy atom. The maximum Gasteiger partial charge on any atom is 0.289 e. The van der Waals surface area contributed by atoms with E-state index in [1.54, 1.807) is 6.21 Å². The number of phenols is 1. The Kier molecular flexibility index (Phi) is 6.26. The maximum atomic E-state index is 12.7. The van der Waals surface area contributed by atoms with E-state index in [0.29, 0.717) is 11.4 Å². The number of amides is 1. The van der Waals surface area contributed by atoms with Crippen LogP contribution in [-0.4, -0.2) is 27.4 Å². The van der Waals surface area contributed by atoms with E-state index in [1.165, 1.54) is 0 Å². The van der Waals surface area contributed by atoms with E-state index in [1.807, 2.05) is 49.4 Å². The quantitative estimate of drug-likeness (QED) is 0.378. The van der Waals surface area contributed by atoms with Gasteiger partial charge in [-0.1, -0.05) is 71.9 Å². The third-order valence-electron chi connectivity index (χ3n) is 5.41. The van der Waals surface area contributed by atoms with Crippen LogP contribution in [0.15, 0.2) is 47.6 Å². The van der Waals surface area contributed by atoms with Crippen LogP contribution in [0, 0.1) is 6.92 Å². The number of phenolic OH excluding ortho intramolecular Hbond substituents is 1. The van der Waals surface area contributed by atoms with E-state index >= 15 is 0 Å². The van der Waals surface area contributed by atoms with Crippen LogP contribution in [0.4, 0.5) is 0 Å². The Hall–Kier alpha value is -3.41. The highest BCUT2D eigenvalue weighted by molar-refractivity contribution is 5.96. The molecule has 1 amide bonds. The molecule has 3 aromatic rings. The highest BCUT2D eigenvalue weighted by Crippen LogP contribution is 2.39. The van der Waals surface area contributed by atoms with Crippen molar-refractivity contribution in [1.82, 2.24) is 15.6 Å². The molecule has 3 N–H and O–H groups in total. The van der Waals surface area contributed by atoms with Crippen LogP contribution < -0.4 is 5.43 Å². The van der Waals surface area contributed by atoms with Crippen LogP contribution in [0.2, 0.25) is 0 Å². The third-order valence-corrected chi connectivity index (χ3v) is 5.41. The van der Waals surface area contributed by atoms with Gasteiger partial charge in [0.1, 0.15) is 11.4 Å². The van der Waals surface area contributed by atoms with Gasteiger partial charge < -0.3 is 5.11 Å². The van der Waals surface area contributed by atoms with Crippen molar-refractivity contribution >= 4 is 12.1 Å². The molecule has 0 radical (unpaired) electrons. The largest absolute Gasteiger partial charge is 0.507 e. The molecule has 32 heavy (non-hydrogen) atoms. The SMILES string of the molecule is Cc1c(-c2ccccc2)n[nH]c1C(=O)N/N=C/c1cc(C(C)(C)C)c(O)c(C(C)(C)C)c1. The summed E-state index contributed by atoms with van der Waals surface area (Å²) in [5.74, 6) is -0.0491. The molecule has 0 aliphatic carbocycles. The molecule has 1 aromatic heterocycles. The second-order valence-corrected chi connectivity index (χ2v) is 10.1. The Bertz CT molecular complexity index is 1110. The monoisotopic (exact) mass is 432 g/mol. The minimum atomic E-state index is -0.362. The number of hydrazone groups is 1. The number of nitrogens with one attached hydrogen (secondary N) is 2. The number of aromatic amines is 1. The van der Waals surface area contributed by atoms with Crippen molar-refractivity contribution < 1.29 is 9.90 Å². The topological polar surface area (TPSA) is 90.4 Å². The van der Waals surface area contributed by atoms with Crippen molar-refractivity contribution in [1.29, 1.82) is 0 Å². The van der Waals surface area contributed by atoms with Crippen molar-refractivity contribution in [3.05, 3.63) is 70.4 Å². The van der Waals surface area contributed by atoms with Crippen molar-refractivity contribution in [2.45, 2.75) is 59.3 Å². The fourth-order valence-electron chi connectivity index (χ4n) is 3.59. The lowest BCUT2D eigenvalue weighted by Crippen LogP contribution is -2.20. The predicted molar refractivity (Wildman–Crippen MR) is 129 cm³/mol. The number of hydrogen-bond acceptors (Lipinski definition) is 4. The summed E-state index contributed by atoms with van der Waals surface area (Å²) in [4.78, 5) is 12.7. The van der Waals surface area contributed by atoms with Crippen molar-refractivity contribution in [2.24, 2.45) is 5.10 Å². The molecule has 0 bridgehead atoms. The summed E-state index contributed by atoms with van der Waals surface area (Å²) in [6, 6.07) is 13.5. The standard InChI is InChI=1S/C26H32N4O2/c1-16-21(18-11-9-8-10-12-18)28-29-22(16)24(32)30-27-15-17-13-19(25(2,3)4)23(31)20(14-17)26(5,6)7/h8-15,31H,1-7H3,(H,28,29)(H,30,32)/b27-15+. The lowest BCUT2D eigenvalue weighted by Gasteiger charge is -2.27. The summed E-state index contributed by atoms with van der Waals surface area (Å²) >= 11 is 0. The normalized spacial score (nSPS) is 12.3. The van der Waals surface area contributed by atoms with Gasteiger partial charge in [0, 0.05) is 22.3 Å². The number of rotatable bonds is 4. The van der Waals surface area contributed by atoms with Crippen molar-refractivity contribution in [3.8, 4) is 17.0 Å². The van der Waals surface area contributed by atoms with Gasteiger partial charge in [-0.3, -0.25) is 9.89 Å². The van der Waals surface area contributed by atoms with Crippen LogP contribution in [0.3, 0.4) is 0 Å². The molecule has 0 atom stereocenters. The van der Waals surface area contributed by atoms with Gasteiger partial charge in [-0.15, -0.1) is 0 Å². The molecule has 168 valence electrons. The van der Waals surface area contributed by atoms with E-state index in [4.69, 9.17) is 0 Å². The predicted octanol–water partition coefficient (Wildman–Crippen LogP) is 5.45. The fraction of sp³-hybridized carbons (Fsp3) is 0.346. The molecule has 0 fully saturated rings. The number of carbonyl (C=O) groups is 1. The van der Waals surface area contributed by atoms with Crippen molar-refractivity contribution in [3.63, 3.8) is 0 Å². The van der Waals surface area contributed by atoms with Gasteiger partial charge in [0.15, 0.2) is 0 Å². The summed E-state index contributed by atoms with van der Waals surface area (Å²) in [7, 11) is 0. The third kappa shape index (κ3) is 4.90. The Morgan fingerprint density at radius 2 is 1.59 bits per heavy atom. The molecular formula is C26H32N4O2. The number of carbonyl (C=O) groups excluding carboxylic acids is 1. The van der Waals surface area contributed by atoms with E-state index in [2.05, 4.69) is 62.3 Å². The average Bonchev–Trinajstić information content (AvgIpc) is 3.09. The van der Waals surface area contributed by atoms with Gasteiger partial charge >= 0.3 is 0 Å². The number of H-pyrrole nitrogens is 1. The molecule has 6 nitrogen and oxygen atoms in total. The molecule has 3 rings (SSSR count). The molecule has 6 heteroatoms. The molecule has 0 saturated carbocycles. The van der Waals surface area contributed by atoms with Crippen LogP contribution in [-0.2, 0) is 10.8 Å². The molecule has 0 spiro atoms. The van der Waals surface area contributed by atoms with Crippen LogP contribution in [0.1, 0.15) is 74.3 Å². The second-order valence-electron chi connectivity index (χ2n) is 10.1. The molecule has 0 aliphatic heterocycles. The number of aromatic hydroxyl groups is 1. The highest BCUT2D eigenvalue weighted by Gasteiger charge is 2.26. The summed E-state index contributed by atoms with van der Waals surface area (Å²) in [5.41, 5.74) is 7.41. The Balaban J connectivity index is 1.85. The zero-order valence-corrected chi connectivity index (χ0v) is 19.9. The van der Waals surface area contributed by atoms with Crippen LogP contribution in [0.25, 0.3) is 11.3 Å². The second kappa shape index (κ2) is 8.61. The smallest absolute Gasteiger partial charge is 0.289 e. The zero-order valence-electron chi connectivity index (χ0n) is 19.9. The highest BCUT2D eigenvalue weighted by atomic mass is 16.3. The summed E-state index contributed by atoms with van der Waals surface area (Å²) < 4.78 is 0. The number of benzene rings is 2. The minimum Gasteiger partial charge on any atom is -0.507 e. The van der Waals surface area contributed by atoms with E-state index in [-0.39, 0.29) is 16.7 Å². The van der Waals surface area contributed by atoms with Gasteiger partial charge in [-0.2, -0.15) is 10.2 Å². The molecule has 0 saturated heterocycles. The van der Waals surface area contributed by atoms with Gasteiger partial charge in [-0.05, 0) is 35.4 Å². The average molecular weight is 433 g/mol. The fourth-order valence-corrected chi connectivity index (χ4v) is 3.59. The minimum absolute atomic E-state index is 0.238. The van der Waals surface area contributed by atoms with Gasteiger partial charge in [0.05, 0.1) is 11.9 Å². The lowest BCUT2D eigenvalue weighted by atomic mass is 9.78. The van der Waals surface area contributed by atoms with E-state index < -0.39 is 0 Å². The maximum absolute atomic E-state index is 12.7. The van der Waals surface area contributed by atoms with Crippen LogP contribution in [0.5, 0.6) is 5.75 Å². The van der Waals surface area contributed by atoms with Gasteiger partial charge in [0.2, 0.25) is 0 Å². The van der Waals surface area contributed by atoms with Crippen LogP contribution >= 0.6 is 0 Å².